The molecule has 0 saturated carbocycles. The van der Waals surface area contributed by atoms with Crippen molar-refractivity contribution >= 4 is 34.8 Å². The smallest absolute Gasteiger partial charge is 0.179 e. The van der Waals surface area contributed by atoms with Gasteiger partial charge in [-0.25, -0.2) is 0 Å². The second-order valence-electron chi connectivity index (χ2n) is 9.56. The summed E-state index contributed by atoms with van der Waals surface area (Å²) in [5, 5.41) is 2.21. The molecule has 0 amide bonds. The van der Waals surface area contributed by atoms with Crippen LogP contribution >= 0.6 is 7.14 Å². The minimum absolute atomic E-state index is 0.660. The van der Waals surface area contributed by atoms with Crippen LogP contribution in [0.1, 0.15) is 22.3 Å². The lowest BCUT2D eigenvalue weighted by Gasteiger charge is -2.21. The van der Waals surface area contributed by atoms with Crippen LogP contribution in [0.4, 0.5) is 5.69 Å². The number of nitrogens with zero attached hydrogens (tertiary/aromatic N) is 1. The van der Waals surface area contributed by atoms with Gasteiger partial charge in [-0.05, 0) is 47.5 Å². The molecule has 5 rings (SSSR count). The molecule has 0 atom stereocenters. The van der Waals surface area contributed by atoms with Crippen molar-refractivity contribution in [2.45, 2.75) is 0 Å². The Kier molecular flexibility index (Phi) is 8.29. The first-order chi connectivity index (χ1) is 19.6. The van der Waals surface area contributed by atoms with Gasteiger partial charge in [0, 0.05) is 41.5 Å². The standard InChI is InChI=1S/C37H30NOP/c1-38(2)34-27-23-30(24-28-34)22-25-31-14-12-13-15-32(31)26-29-37(33-16-6-3-7-17-33)40(39,35-18-8-4-9-19-35)36-20-10-5-11-21-36/h3-21,23-24,26-28H,1-2H3. The zero-order valence-corrected chi connectivity index (χ0v) is 23.6. The van der Waals surface area contributed by atoms with Crippen molar-refractivity contribution in [1.29, 1.82) is 0 Å². The molecule has 0 aliphatic heterocycles. The van der Waals surface area contributed by atoms with E-state index in [4.69, 9.17) is 0 Å². The first-order valence-electron chi connectivity index (χ1n) is 13.2. The molecule has 0 aliphatic carbocycles. The average molecular weight is 536 g/mol. The van der Waals surface area contributed by atoms with E-state index < -0.39 is 7.14 Å². The fourth-order valence-electron chi connectivity index (χ4n) is 4.50. The van der Waals surface area contributed by atoms with Gasteiger partial charge in [0.05, 0.1) is 5.31 Å². The molecule has 0 fully saturated rings. The minimum Gasteiger partial charge on any atom is -0.378 e. The highest BCUT2D eigenvalue weighted by Crippen LogP contribution is 2.56. The summed E-state index contributed by atoms with van der Waals surface area (Å²) in [5.41, 5.74) is 8.26. The summed E-state index contributed by atoms with van der Waals surface area (Å²) in [4.78, 5) is 2.07. The molecule has 0 aliphatic rings. The average Bonchev–Trinajstić information content (AvgIpc) is 3.02. The van der Waals surface area contributed by atoms with Crippen LogP contribution in [-0.4, -0.2) is 14.1 Å². The predicted octanol–water partition coefficient (Wildman–Crippen LogP) is 7.82. The SMILES string of the molecule is CN(C)c1ccc(C#Cc2ccccc2C=C=C(c2ccccc2)P(=O)(c2ccccc2)c2ccccc2)cc1. The lowest BCUT2D eigenvalue weighted by Crippen LogP contribution is -2.16. The van der Waals surface area contributed by atoms with E-state index in [-0.39, 0.29) is 0 Å². The van der Waals surface area contributed by atoms with Crippen LogP contribution in [0.25, 0.3) is 11.4 Å². The maximum absolute atomic E-state index is 15.3. The van der Waals surface area contributed by atoms with Crippen LogP contribution in [0, 0.1) is 11.8 Å². The van der Waals surface area contributed by atoms with Gasteiger partial charge in [0.1, 0.15) is 0 Å². The fraction of sp³-hybridized carbons (Fsp3) is 0.0541. The number of hydrogen-bond acceptors (Lipinski definition) is 2. The van der Waals surface area contributed by atoms with Crippen LogP contribution in [0.15, 0.2) is 145 Å². The molecule has 0 heterocycles. The number of anilines is 1. The summed E-state index contributed by atoms with van der Waals surface area (Å²) in [6.45, 7) is 0. The Labute approximate surface area is 237 Å². The van der Waals surface area contributed by atoms with Gasteiger partial charge in [-0.3, -0.25) is 0 Å². The van der Waals surface area contributed by atoms with Crippen molar-refractivity contribution in [1.82, 2.24) is 0 Å². The molecular formula is C37H30NOP. The van der Waals surface area contributed by atoms with Gasteiger partial charge < -0.3 is 9.46 Å². The zero-order chi connectivity index (χ0) is 27.8. The molecule has 0 unspecified atom stereocenters. The topological polar surface area (TPSA) is 20.3 Å². The Balaban J connectivity index is 1.67. The fourth-order valence-corrected chi connectivity index (χ4v) is 7.26. The van der Waals surface area contributed by atoms with Gasteiger partial charge in [0.2, 0.25) is 0 Å². The molecule has 40 heavy (non-hydrogen) atoms. The van der Waals surface area contributed by atoms with Crippen molar-refractivity contribution in [3.05, 3.63) is 168 Å². The minimum atomic E-state index is -3.25. The second kappa shape index (κ2) is 12.4. The molecule has 0 radical (unpaired) electrons. The molecule has 2 nitrogen and oxygen atoms in total. The van der Waals surface area contributed by atoms with E-state index in [1.807, 2.05) is 148 Å². The molecule has 5 aromatic rings. The highest BCUT2D eigenvalue weighted by molar-refractivity contribution is 7.87. The van der Waals surface area contributed by atoms with Crippen molar-refractivity contribution in [3.63, 3.8) is 0 Å². The molecule has 0 spiro atoms. The molecule has 194 valence electrons. The van der Waals surface area contributed by atoms with Gasteiger partial charge in [-0.2, -0.15) is 0 Å². The monoisotopic (exact) mass is 535 g/mol. The third kappa shape index (κ3) is 5.93. The van der Waals surface area contributed by atoms with E-state index in [0.29, 0.717) is 5.31 Å². The summed E-state index contributed by atoms with van der Waals surface area (Å²) < 4.78 is 15.3. The first-order valence-corrected chi connectivity index (χ1v) is 14.9. The van der Waals surface area contributed by atoms with E-state index >= 15 is 4.57 Å². The third-order valence-corrected chi connectivity index (χ3v) is 9.72. The lowest BCUT2D eigenvalue weighted by atomic mass is 10.1. The molecule has 0 N–H and O–H groups in total. The van der Waals surface area contributed by atoms with E-state index in [0.717, 1.165) is 38.6 Å². The molecule has 3 heteroatoms. The Hall–Kier alpha value is -4.79. The summed E-state index contributed by atoms with van der Waals surface area (Å²) in [7, 11) is 0.795. The molecule has 0 bridgehead atoms. The van der Waals surface area contributed by atoms with Gasteiger partial charge in [-0.1, -0.05) is 121 Å². The van der Waals surface area contributed by atoms with Gasteiger partial charge in [-0.15, -0.1) is 5.73 Å². The van der Waals surface area contributed by atoms with Crippen molar-refractivity contribution in [3.8, 4) is 11.8 Å². The van der Waals surface area contributed by atoms with Crippen LogP contribution in [0.5, 0.6) is 0 Å². The van der Waals surface area contributed by atoms with E-state index in [2.05, 4.69) is 34.6 Å². The summed E-state index contributed by atoms with van der Waals surface area (Å²) >= 11 is 0. The first kappa shape index (κ1) is 26.8. The molecular weight excluding hydrogens is 505 g/mol. The highest BCUT2D eigenvalue weighted by atomic mass is 31.2. The third-order valence-electron chi connectivity index (χ3n) is 6.65. The Morgan fingerprint density at radius 3 is 1.73 bits per heavy atom. The van der Waals surface area contributed by atoms with Crippen molar-refractivity contribution in [2.24, 2.45) is 0 Å². The Morgan fingerprint density at radius 1 is 0.625 bits per heavy atom. The molecule has 0 aromatic heterocycles. The van der Waals surface area contributed by atoms with Crippen molar-refractivity contribution in [2.75, 3.05) is 19.0 Å². The predicted molar refractivity (Wildman–Crippen MR) is 171 cm³/mol. The van der Waals surface area contributed by atoms with Crippen LogP contribution in [0.3, 0.4) is 0 Å². The quantitative estimate of drug-likeness (QED) is 0.126. The van der Waals surface area contributed by atoms with E-state index in [1.165, 1.54) is 0 Å². The van der Waals surface area contributed by atoms with Crippen LogP contribution in [-0.2, 0) is 4.57 Å². The summed E-state index contributed by atoms with van der Waals surface area (Å²) in [6.07, 6.45) is 1.92. The van der Waals surface area contributed by atoms with E-state index in [1.54, 1.807) is 0 Å². The van der Waals surface area contributed by atoms with Gasteiger partial charge in [0.15, 0.2) is 7.14 Å². The molecule has 5 aromatic carbocycles. The van der Waals surface area contributed by atoms with Crippen LogP contribution < -0.4 is 15.5 Å². The summed E-state index contributed by atoms with van der Waals surface area (Å²) in [6, 6.07) is 45.5. The number of hydrogen-bond donors (Lipinski definition) is 0. The summed E-state index contributed by atoms with van der Waals surface area (Å²) in [5.74, 6) is 6.62. The van der Waals surface area contributed by atoms with Crippen molar-refractivity contribution < 1.29 is 4.57 Å². The van der Waals surface area contributed by atoms with Gasteiger partial charge >= 0.3 is 0 Å². The maximum Gasteiger partial charge on any atom is 0.179 e. The number of benzene rings is 5. The van der Waals surface area contributed by atoms with E-state index in [9.17, 15) is 0 Å². The Bertz CT molecular complexity index is 1710. The second-order valence-corrected chi connectivity index (χ2v) is 12.3. The van der Waals surface area contributed by atoms with Gasteiger partial charge in [0.25, 0.3) is 0 Å². The largest absolute Gasteiger partial charge is 0.378 e. The highest BCUT2D eigenvalue weighted by Gasteiger charge is 2.32. The molecule has 0 saturated heterocycles. The normalized spacial score (nSPS) is 10.6. The van der Waals surface area contributed by atoms with Crippen LogP contribution in [0.2, 0.25) is 0 Å². The Morgan fingerprint density at radius 2 is 1.15 bits per heavy atom. The lowest BCUT2D eigenvalue weighted by molar-refractivity contribution is 0.593. The maximum atomic E-state index is 15.3. The number of rotatable bonds is 6. The zero-order valence-electron chi connectivity index (χ0n) is 22.7.